The lowest BCUT2D eigenvalue weighted by Crippen LogP contribution is -2.50. The van der Waals surface area contributed by atoms with Gasteiger partial charge >= 0.3 is 0 Å². The van der Waals surface area contributed by atoms with Crippen LogP contribution in [0.3, 0.4) is 0 Å². The Morgan fingerprint density at radius 3 is 2.88 bits per heavy atom. The summed E-state index contributed by atoms with van der Waals surface area (Å²) in [4.78, 5) is 12.3. The third-order valence-electron chi connectivity index (χ3n) is 5.00. The Bertz CT molecular complexity index is 711. The first-order chi connectivity index (χ1) is 11.6. The van der Waals surface area contributed by atoms with Gasteiger partial charge in [0.25, 0.3) is 0 Å². The van der Waals surface area contributed by atoms with Crippen LogP contribution in [0.2, 0.25) is 0 Å². The van der Waals surface area contributed by atoms with Gasteiger partial charge in [0.15, 0.2) is 5.65 Å². The molecule has 2 aromatic rings. The lowest BCUT2D eigenvalue weighted by molar-refractivity contribution is 0.133. The third-order valence-corrected chi connectivity index (χ3v) is 5.80. The van der Waals surface area contributed by atoms with E-state index in [0.29, 0.717) is 12.1 Å². The van der Waals surface area contributed by atoms with Gasteiger partial charge in [0.05, 0.1) is 6.04 Å². The molecule has 3 heterocycles. The van der Waals surface area contributed by atoms with Gasteiger partial charge in [-0.25, -0.2) is 9.97 Å². The van der Waals surface area contributed by atoms with Gasteiger partial charge in [-0.1, -0.05) is 13.3 Å². The number of halogens is 1. The topological polar surface area (TPSA) is 46.0 Å². The Hall–Kier alpha value is -0.980. The van der Waals surface area contributed by atoms with Crippen LogP contribution in [-0.2, 0) is 6.54 Å². The Kier molecular flexibility index (Phi) is 5.57. The minimum Gasteiger partial charge on any atom is -0.312 e. The first-order valence-electron chi connectivity index (χ1n) is 9.05. The number of piperazine rings is 1. The summed E-state index contributed by atoms with van der Waals surface area (Å²) in [7, 11) is 0. The number of nitrogens with zero attached hydrogens (tertiary/aromatic N) is 4. The van der Waals surface area contributed by atoms with E-state index in [1.165, 1.54) is 11.4 Å². The van der Waals surface area contributed by atoms with Crippen molar-refractivity contribution >= 4 is 27.1 Å². The predicted octanol–water partition coefficient (Wildman–Crippen LogP) is 3.66. The number of nitrogens with one attached hydrogen (secondary N) is 1. The second-order valence-corrected chi connectivity index (χ2v) is 7.63. The molecule has 0 radical (unpaired) electrons. The summed E-state index contributed by atoms with van der Waals surface area (Å²) >= 11 is 3.59. The van der Waals surface area contributed by atoms with Crippen molar-refractivity contribution in [3.63, 3.8) is 0 Å². The van der Waals surface area contributed by atoms with Crippen molar-refractivity contribution in [3.8, 4) is 0 Å². The van der Waals surface area contributed by atoms with E-state index in [-0.39, 0.29) is 0 Å². The van der Waals surface area contributed by atoms with E-state index in [1.54, 1.807) is 0 Å². The molecular formula is C18H28BrN5. The summed E-state index contributed by atoms with van der Waals surface area (Å²) in [6, 6.07) is 0.901. The normalized spacial score (nSPS) is 20.6. The molecule has 1 aliphatic rings. The molecule has 2 aromatic heterocycles. The number of aryl methyl sites for hydroxylation is 2. The van der Waals surface area contributed by atoms with Gasteiger partial charge in [0.1, 0.15) is 11.3 Å². The molecule has 1 aliphatic heterocycles. The molecule has 2 atom stereocenters. The zero-order valence-electron chi connectivity index (χ0n) is 15.1. The average molecular weight is 394 g/mol. The maximum absolute atomic E-state index is 5.07. The maximum Gasteiger partial charge on any atom is 0.160 e. The molecule has 6 heteroatoms. The lowest BCUT2D eigenvalue weighted by atomic mass is 10.1. The highest BCUT2D eigenvalue weighted by Crippen LogP contribution is 2.31. The quantitative estimate of drug-likeness (QED) is 0.841. The van der Waals surface area contributed by atoms with Gasteiger partial charge in [0, 0.05) is 42.9 Å². The van der Waals surface area contributed by atoms with Crippen LogP contribution in [0.25, 0.3) is 11.2 Å². The molecule has 0 unspecified atom stereocenters. The van der Waals surface area contributed by atoms with Crippen molar-refractivity contribution in [1.29, 1.82) is 0 Å². The van der Waals surface area contributed by atoms with Crippen LogP contribution in [-0.4, -0.2) is 45.1 Å². The summed E-state index contributed by atoms with van der Waals surface area (Å²) < 4.78 is 3.34. The Balaban J connectivity index is 2.08. The molecule has 5 nitrogen and oxygen atoms in total. The monoisotopic (exact) mass is 393 g/mol. The predicted molar refractivity (Wildman–Crippen MR) is 102 cm³/mol. The molecule has 132 valence electrons. The van der Waals surface area contributed by atoms with Crippen molar-refractivity contribution in [2.75, 3.05) is 19.6 Å². The van der Waals surface area contributed by atoms with Gasteiger partial charge in [-0.05, 0) is 48.7 Å². The first kappa shape index (κ1) is 17.8. The molecule has 1 saturated heterocycles. The van der Waals surface area contributed by atoms with Crippen molar-refractivity contribution in [3.05, 3.63) is 22.1 Å². The maximum atomic E-state index is 5.07. The van der Waals surface area contributed by atoms with Gasteiger partial charge in [-0.3, -0.25) is 4.90 Å². The van der Waals surface area contributed by atoms with E-state index in [4.69, 9.17) is 4.98 Å². The van der Waals surface area contributed by atoms with E-state index in [2.05, 4.69) is 63.4 Å². The summed E-state index contributed by atoms with van der Waals surface area (Å²) in [5, 5.41) is 3.54. The molecule has 0 bridgehead atoms. The fourth-order valence-corrected chi connectivity index (χ4v) is 4.02. The Morgan fingerprint density at radius 1 is 1.42 bits per heavy atom. The smallest absolute Gasteiger partial charge is 0.160 e. The second kappa shape index (κ2) is 7.50. The van der Waals surface area contributed by atoms with Crippen molar-refractivity contribution < 1.29 is 0 Å². The molecule has 0 amide bonds. The summed E-state index contributed by atoms with van der Waals surface area (Å²) in [5.41, 5.74) is 3.22. The number of hydrogen-bond donors (Lipinski definition) is 1. The molecule has 1 fully saturated rings. The van der Waals surface area contributed by atoms with Crippen LogP contribution in [0.5, 0.6) is 0 Å². The highest BCUT2D eigenvalue weighted by molar-refractivity contribution is 9.10. The number of pyridine rings is 1. The number of imidazole rings is 1. The average Bonchev–Trinajstić information content (AvgIpc) is 2.95. The van der Waals surface area contributed by atoms with E-state index in [9.17, 15) is 0 Å². The highest BCUT2D eigenvalue weighted by atomic mass is 79.9. The standard InChI is InChI=1S/C18H28BrN5/c1-5-7-15(23-9-8-20-12(3)11-23)17-22-16-13(4)14(19)10-21-18(16)24(17)6-2/h10,12,15,20H,5-9,11H2,1-4H3/t12-,15+/m0/s1. The van der Waals surface area contributed by atoms with Crippen LogP contribution >= 0.6 is 15.9 Å². The van der Waals surface area contributed by atoms with Gasteiger partial charge in [-0.2, -0.15) is 0 Å². The van der Waals surface area contributed by atoms with Crippen molar-refractivity contribution in [2.45, 2.75) is 59.2 Å². The molecule has 0 spiro atoms. The number of rotatable bonds is 5. The third kappa shape index (κ3) is 3.24. The van der Waals surface area contributed by atoms with Gasteiger partial charge in [-0.15, -0.1) is 0 Å². The first-order valence-corrected chi connectivity index (χ1v) is 9.84. The minimum absolute atomic E-state index is 0.367. The molecule has 0 saturated carbocycles. The highest BCUT2D eigenvalue weighted by Gasteiger charge is 2.29. The van der Waals surface area contributed by atoms with E-state index < -0.39 is 0 Å². The molecule has 3 rings (SSSR count). The van der Waals surface area contributed by atoms with Crippen LogP contribution in [0.1, 0.15) is 51.0 Å². The molecule has 1 N–H and O–H groups in total. The Morgan fingerprint density at radius 2 is 2.21 bits per heavy atom. The van der Waals surface area contributed by atoms with Crippen LogP contribution in [0.4, 0.5) is 0 Å². The summed E-state index contributed by atoms with van der Waals surface area (Å²) in [5.74, 6) is 1.18. The van der Waals surface area contributed by atoms with Crippen LogP contribution in [0.15, 0.2) is 10.7 Å². The number of fused-ring (bicyclic) bond motifs is 1. The largest absolute Gasteiger partial charge is 0.312 e. The SMILES string of the molecule is CCC[C@H](c1nc2c(C)c(Br)cnc2n1CC)N1CCN[C@@H](C)C1. The van der Waals surface area contributed by atoms with Crippen LogP contribution in [0, 0.1) is 6.92 Å². The second-order valence-electron chi connectivity index (χ2n) is 6.77. The molecule has 0 aromatic carbocycles. The fourth-order valence-electron chi connectivity index (χ4n) is 3.73. The molecule has 0 aliphatic carbocycles. The zero-order valence-corrected chi connectivity index (χ0v) is 16.7. The van der Waals surface area contributed by atoms with E-state index in [1.807, 2.05) is 6.20 Å². The van der Waals surface area contributed by atoms with Crippen molar-refractivity contribution in [1.82, 2.24) is 24.8 Å². The zero-order chi connectivity index (χ0) is 17.3. The Labute approximate surface area is 153 Å². The summed E-state index contributed by atoms with van der Waals surface area (Å²) in [6.45, 7) is 12.9. The summed E-state index contributed by atoms with van der Waals surface area (Å²) in [6.07, 6.45) is 4.19. The number of aromatic nitrogens is 3. The fraction of sp³-hybridized carbons (Fsp3) is 0.667. The molecular weight excluding hydrogens is 366 g/mol. The molecule has 24 heavy (non-hydrogen) atoms. The van der Waals surface area contributed by atoms with E-state index >= 15 is 0 Å². The lowest BCUT2D eigenvalue weighted by Gasteiger charge is -2.37. The van der Waals surface area contributed by atoms with E-state index in [0.717, 1.165) is 54.7 Å². The van der Waals surface area contributed by atoms with Gasteiger partial charge < -0.3 is 9.88 Å². The van der Waals surface area contributed by atoms with Crippen LogP contribution < -0.4 is 5.32 Å². The van der Waals surface area contributed by atoms with Crippen molar-refractivity contribution in [2.24, 2.45) is 0 Å². The number of hydrogen-bond acceptors (Lipinski definition) is 4. The minimum atomic E-state index is 0.367. The van der Waals surface area contributed by atoms with Gasteiger partial charge in [0.2, 0.25) is 0 Å².